The van der Waals surface area contributed by atoms with Crippen LogP contribution in [0.25, 0.3) is 22.2 Å². The quantitative estimate of drug-likeness (QED) is 0.403. The first-order valence-corrected chi connectivity index (χ1v) is 8.08. The number of rotatable bonds is 6. The number of nitrogens with one attached hydrogen (secondary N) is 1. The SMILES string of the molecule is CCCCOC(=O)c1nc2nc3cc(OC)c(OC)cc3nc2c(=O)[nH]1. The van der Waals surface area contributed by atoms with E-state index in [1.165, 1.54) is 14.2 Å². The summed E-state index contributed by atoms with van der Waals surface area (Å²) in [6.45, 7) is 2.24. The predicted octanol–water partition coefficient (Wildman–Crippen LogP) is 1.84. The first-order chi connectivity index (χ1) is 12.6. The maximum Gasteiger partial charge on any atom is 0.374 e. The van der Waals surface area contributed by atoms with Gasteiger partial charge in [-0.25, -0.2) is 19.7 Å². The van der Waals surface area contributed by atoms with Gasteiger partial charge in [0, 0.05) is 12.1 Å². The third-order valence-corrected chi connectivity index (χ3v) is 3.74. The Hall–Kier alpha value is -3.23. The van der Waals surface area contributed by atoms with E-state index in [0.29, 0.717) is 22.5 Å². The summed E-state index contributed by atoms with van der Waals surface area (Å²) >= 11 is 0. The zero-order chi connectivity index (χ0) is 18.7. The summed E-state index contributed by atoms with van der Waals surface area (Å²) in [4.78, 5) is 39.4. The van der Waals surface area contributed by atoms with E-state index in [9.17, 15) is 9.59 Å². The minimum absolute atomic E-state index is 0.0230. The van der Waals surface area contributed by atoms with Crippen molar-refractivity contribution in [2.24, 2.45) is 0 Å². The lowest BCUT2D eigenvalue weighted by molar-refractivity contribution is 0.0485. The van der Waals surface area contributed by atoms with Crippen molar-refractivity contribution in [1.82, 2.24) is 19.9 Å². The lowest BCUT2D eigenvalue weighted by Gasteiger charge is -2.09. The molecule has 26 heavy (non-hydrogen) atoms. The first-order valence-electron chi connectivity index (χ1n) is 8.08. The summed E-state index contributed by atoms with van der Waals surface area (Å²) in [6.07, 6.45) is 1.62. The minimum Gasteiger partial charge on any atom is -0.493 e. The average molecular weight is 358 g/mol. The highest BCUT2D eigenvalue weighted by molar-refractivity contribution is 5.89. The van der Waals surface area contributed by atoms with Gasteiger partial charge in [-0.2, -0.15) is 0 Å². The Labute approximate surface area is 148 Å². The van der Waals surface area contributed by atoms with Gasteiger partial charge >= 0.3 is 5.97 Å². The summed E-state index contributed by atoms with van der Waals surface area (Å²) in [6, 6.07) is 3.25. The molecule has 1 N–H and O–H groups in total. The van der Waals surface area contributed by atoms with E-state index in [-0.39, 0.29) is 23.6 Å². The monoisotopic (exact) mass is 358 g/mol. The normalized spacial score (nSPS) is 10.9. The molecule has 136 valence electrons. The van der Waals surface area contributed by atoms with Crippen LogP contribution in [0.4, 0.5) is 0 Å². The molecule has 0 aliphatic carbocycles. The molecule has 0 bridgehead atoms. The summed E-state index contributed by atoms with van der Waals surface area (Å²) < 4.78 is 15.5. The number of H-pyrrole nitrogens is 1. The van der Waals surface area contributed by atoms with E-state index in [1.54, 1.807) is 12.1 Å². The summed E-state index contributed by atoms with van der Waals surface area (Å²) in [5.41, 5.74) is 0.409. The molecule has 0 amide bonds. The maximum atomic E-state index is 12.3. The number of fused-ring (bicyclic) bond motifs is 2. The molecule has 0 fully saturated rings. The van der Waals surface area contributed by atoms with Crippen LogP contribution >= 0.6 is 0 Å². The van der Waals surface area contributed by atoms with Crippen molar-refractivity contribution in [1.29, 1.82) is 0 Å². The van der Waals surface area contributed by atoms with Gasteiger partial charge in [0.25, 0.3) is 5.56 Å². The van der Waals surface area contributed by atoms with Crippen LogP contribution in [-0.2, 0) is 4.74 Å². The fourth-order valence-corrected chi connectivity index (χ4v) is 2.38. The Morgan fingerprint density at radius 1 is 1.08 bits per heavy atom. The third kappa shape index (κ3) is 3.28. The highest BCUT2D eigenvalue weighted by Crippen LogP contribution is 2.30. The molecule has 1 aromatic carbocycles. The maximum absolute atomic E-state index is 12.3. The largest absolute Gasteiger partial charge is 0.493 e. The number of carbonyl (C=O) groups excluding carboxylic acids is 1. The van der Waals surface area contributed by atoms with Crippen molar-refractivity contribution in [3.63, 3.8) is 0 Å². The van der Waals surface area contributed by atoms with Crippen LogP contribution in [0.2, 0.25) is 0 Å². The van der Waals surface area contributed by atoms with E-state index < -0.39 is 11.5 Å². The first kappa shape index (κ1) is 17.6. The molecule has 0 saturated carbocycles. The van der Waals surface area contributed by atoms with Crippen LogP contribution in [0.5, 0.6) is 11.5 Å². The number of esters is 1. The molecule has 2 heterocycles. The molecule has 0 radical (unpaired) electrons. The molecular formula is C17H18N4O5. The molecule has 0 unspecified atom stereocenters. The smallest absolute Gasteiger partial charge is 0.374 e. The number of aromatic amines is 1. The fourth-order valence-electron chi connectivity index (χ4n) is 2.38. The van der Waals surface area contributed by atoms with Crippen molar-refractivity contribution in [3.05, 3.63) is 28.3 Å². The average Bonchev–Trinajstić information content (AvgIpc) is 2.65. The Balaban J connectivity index is 2.10. The number of unbranched alkanes of at least 4 members (excludes halogenated alkanes) is 1. The Morgan fingerprint density at radius 3 is 2.35 bits per heavy atom. The van der Waals surface area contributed by atoms with Gasteiger partial charge in [0.1, 0.15) is 0 Å². The molecular weight excluding hydrogens is 340 g/mol. The van der Waals surface area contributed by atoms with Crippen molar-refractivity contribution >= 4 is 28.2 Å². The molecule has 0 atom stereocenters. The van der Waals surface area contributed by atoms with Crippen LogP contribution in [-0.4, -0.2) is 46.7 Å². The Kier molecular flexibility index (Phi) is 4.97. The van der Waals surface area contributed by atoms with Gasteiger partial charge in [-0.05, 0) is 6.42 Å². The second-order valence-corrected chi connectivity index (χ2v) is 5.50. The van der Waals surface area contributed by atoms with Crippen LogP contribution in [0.3, 0.4) is 0 Å². The van der Waals surface area contributed by atoms with E-state index >= 15 is 0 Å². The lowest BCUT2D eigenvalue weighted by atomic mass is 10.2. The lowest BCUT2D eigenvalue weighted by Crippen LogP contribution is -2.19. The molecule has 2 aromatic heterocycles. The van der Waals surface area contributed by atoms with Crippen LogP contribution in [0.1, 0.15) is 30.4 Å². The van der Waals surface area contributed by atoms with Crippen LogP contribution in [0, 0.1) is 0 Å². The summed E-state index contributed by atoms with van der Waals surface area (Å²) in [7, 11) is 3.01. The molecule has 0 aliphatic rings. The van der Waals surface area contributed by atoms with E-state index in [2.05, 4.69) is 19.9 Å². The van der Waals surface area contributed by atoms with Gasteiger partial charge in [0.05, 0.1) is 31.9 Å². The number of carbonyl (C=O) groups is 1. The molecule has 0 spiro atoms. The number of hydrogen-bond donors (Lipinski definition) is 1. The topological polar surface area (TPSA) is 116 Å². The Morgan fingerprint density at radius 2 is 1.73 bits per heavy atom. The van der Waals surface area contributed by atoms with E-state index in [1.807, 2.05) is 6.92 Å². The minimum atomic E-state index is -0.702. The van der Waals surface area contributed by atoms with Crippen LogP contribution in [0.15, 0.2) is 16.9 Å². The fraction of sp³-hybridized carbons (Fsp3) is 0.353. The standard InChI is InChI=1S/C17H18N4O5/c1-4-5-6-26-17(23)15-20-14-13(16(22)21-15)18-9-7-11(24-2)12(25-3)8-10(9)19-14/h7-8H,4-6H2,1-3H3,(H,19,20,21,22). The van der Waals surface area contributed by atoms with Gasteiger partial charge in [0.15, 0.2) is 22.7 Å². The molecule has 0 aliphatic heterocycles. The predicted molar refractivity (Wildman–Crippen MR) is 93.8 cm³/mol. The van der Waals surface area contributed by atoms with Gasteiger partial charge in [0.2, 0.25) is 5.82 Å². The van der Waals surface area contributed by atoms with Crippen molar-refractivity contribution in [3.8, 4) is 11.5 Å². The summed E-state index contributed by atoms with van der Waals surface area (Å²) in [5, 5.41) is 0. The second-order valence-electron chi connectivity index (χ2n) is 5.50. The van der Waals surface area contributed by atoms with Gasteiger partial charge in [-0.1, -0.05) is 13.3 Å². The molecule has 3 aromatic rings. The number of benzene rings is 1. The number of hydrogen-bond acceptors (Lipinski definition) is 8. The number of ether oxygens (including phenoxy) is 3. The van der Waals surface area contributed by atoms with Crippen molar-refractivity contribution in [2.45, 2.75) is 19.8 Å². The third-order valence-electron chi connectivity index (χ3n) is 3.74. The highest BCUT2D eigenvalue weighted by atomic mass is 16.5. The molecule has 0 saturated heterocycles. The number of nitrogens with zero attached hydrogens (tertiary/aromatic N) is 3. The van der Waals surface area contributed by atoms with E-state index in [4.69, 9.17) is 14.2 Å². The van der Waals surface area contributed by atoms with Crippen LogP contribution < -0.4 is 15.0 Å². The zero-order valence-electron chi connectivity index (χ0n) is 14.7. The number of methoxy groups -OCH3 is 2. The Bertz CT molecular complexity index is 1030. The molecule has 9 nitrogen and oxygen atoms in total. The van der Waals surface area contributed by atoms with Gasteiger partial charge in [-0.15, -0.1) is 0 Å². The summed E-state index contributed by atoms with van der Waals surface area (Å²) in [5.74, 6) is 0.0336. The van der Waals surface area contributed by atoms with Crippen molar-refractivity contribution < 1.29 is 19.0 Å². The zero-order valence-corrected chi connectivity index (χ0v) is 14.7. The van der Waals surface area contributed by atoms with E-state index in [0.717, 1.165) is 12.8 Å². The second kappa shape index (κ2) is 7.34. The highest BCUT2D eigenvalue weighted by Gasteiger charge is 2.16. The number of aromatic nitrogens is 4. The van der Waals surface area contributed by atoms with Gasteiger partial charge < -0.3 is 14.2 Å². The molecule has 3 rings (SSSR count). The molecule has 9 heteroatoms. The van der Waals surface area contributed by atoms with Crippen molar-refractivity contribution in [2.75, 3.05) is 20.8 Å². The van der Waals surface area contributed by atoms with Gasteiger partial charge in [-0.3, -0.25) is 9.78 Å².